The molecule has 0 aromatic heterocycles. The van der Waals surface area contributed by atoms with Gasteiger partial charge in [-0.3, -0.25) is 14.9 Å². The Labute approximate surface area is 115 Å². The predicted molar refractivity (Wildman–Crippen MR) is 77.2 cm³/mol. The van der Waals surface area contributed by atoms with E-state index in [1.807, 2.05) is 18.2 Å². The smallest absolute Gasteiger partial charge is 0.269 e. The molecule has 20 heavy (non-hydrogen) atoms. The first-order valence-electron chi connectivity index (χ1n) is 5.94. The van der Waals surface area contributed by atoms with Crippen LogP contribution in [0.5, 0.6) is 0 Å². The van der Waals surface area contributed by atoms with Gasteiger partial charge < -0.3 is 5.32 Å². The van der Waals surface area contributed by atoms with Crippen molar-refractivity contribution in [3.8, 4) is 0 Å². The minimum atomic E-state index is -0.463. The summed E-state index contributed by atoms with van der Waals surface area (Å²) >= 11 is 0. The maximum Gasteiger partial charge on any atom is 0.269 e. The number of nitro groups is 1. The topological polar surface area (TPSA) is 72.2 Å². The van der Waals surface area contributed by atoms with Crippen molar-refractivity contribution in [2.24, 2.45) is 0 Å². The van der Waals surface area contributed by atoms with Gasteiger partial charge in [-0.15, -0.1) is 0 Å². The van der Waals surface area contributed by atoms with Crippen LogP contribution in [0.25, 0.3) is 6.08 Å². The van der Waals surface area contributed by atoms with E-state index < -0.39 is 4.92 Å². The van der Waals surface area contributed by atoms with Crippen molar-refractivity contribution >= 4 is 23.4 Å². The second-order valence-corrected chi connectivity index (χ2v) is 4.04. The van der Waals surface area contributed by atoms with Crippen molar-refractivity contribution in [2.75, 3.05) is 5.32 Å². The Hall–Kier alpha value is -2.95. The molecule has 0 bridgehead atoms. The van der Waals surface area contributed by atoms with E-state index in [1.54, 1.807) is 30.3 Å². The zero-order valence-corrected chi connectivity index (χ0v) is 10.5. The average Bonchev–Trinajstić information content (AvgIpc) is 2.46. The number of hydrogen-bond donors (Lipinski definition) is 1. The van der Waals surface area contributed by atoms with Crippen LogP contribution < -0.4 is 5.32 Å². The van der Waals surface area contributed by atoms with Crippen molar-refractivity contribution < 1.29 is 9.72 Å². The highest BCUT2D eigenvalue weighted by Gasteiger charge is 2.02. The third kappa shape index (κ3) is 3.78. The SMILES string of the molecule is O=C(C=Cc1ccc([N+](=O)[O-])cc1)Nc1ccccc1. The summed E-state index contributed by atoms with van der Waals surface area (Å²) in [5.41, 5.74) is 1.46. The Balaban J connectivity index is 1.98. The van der Waals surface area contributed by atoms with Crippen LogP contribution in [0.4, 0.5) is 11.4 Å². The van der Waals surface area contributed by atoms with E-state index in [2.05, 4.69) is 5.32 Å². The molecule has 0 aliphatic carbocycles. The number of rotatable bonds is 4. The van der Waals surface area contributed by atoms with Crippen molar-refractivity contribution in [3.63, 3.8) is 0 Å². The molecule has 2 rings (SSSR count). The number of para-hydroxylation sites is 1. The summed E-state index contributed by atoms with van der Waals surface area (Å²) in [7, 11) is 0. The Bertz CT molecular complexity index is 634. The van der Waals surface area contributed by atoms with Gasteiger partial charge in [0.15, 0.2) is 0 Å². The van der Waals surface area contributed by atoms with Crippen LogP contribution >= 0.6 is 0 Å². The largest absolute Gasteiger partial charge is 0.323 e. The van der Waals surface area contributed by atoms with Gasteiger partial charge in [0.05, 0.1) is 4.92 Å². The second-order valence-electron chi connectivity index (χ2n) is 4.04. The molecule has 0 saturated heterocycles. The minimum absolute atomic E-state index is 0.0240. The second kappa shape index (κ2) is 6.29. The number of non-ortho nitro benzene ring substituents is 1. The number of amides is 1. The maximum absolute atomic E-state index is 11.7. The molecule has 100 valence electrons. The Kier molecular flexibility index (Phi) is 4.24. The molecule has 0 aliphatic heterocycles. The van der Waals surface area contributed by atoms with Crippen LogP contribution in [0.3, 0.4) is 0 Å². The molecule has 2 aromatic carbocycles. The first-order valence-corrected chi connectivity index (χ1v) is 5.94. The molecule has 0 aliphatic rings. The summed E-state index contributed by atoms with van der Waals surface area (Å²) in [6.07, 6.45) is 2.98. The summed E-state index contributed by atoms with van der Waals surface area (Å²) < 4.78 is 0. The average molecular weight is 268 g/mol. The van der Waals surface area contributed by atoms with Crippen LogP contribution in [0.1, 0.15) is 5.56 Å². The first kappa shape index (κ1) is 13.5. The van der Waals surface area contributed by atoms with E-state index in [1.165, 1.54) is 18.2 Å². The van der Waals surface area contributed by atoms with Gasteiger partial charge in [-0.25, -0.2) is 0 Å². The number of benzene rings is 2. The highest BCUT2D eigenvalue weighted by Crippen LogP contribution is 2.13. The quantitative estimate of drug-likeness (QED) is 0.525. The number of nitrogens with zero attached hydrogens (tertiary/aromatic N) is 1. The first-order chi connectivity index (χ1) is 9.65. The van der Waals surface area contributed by atoms with E-state index in [-0.39, 0.29) is 11.6 Å². The lowest BCUT2D eigenvalue weighted by Crippen LogP contribution is -2.07. The van der Waals surface area contributed by atoms with Gasteiger partial charge >= 0.3 is 0 Å². The minimum Gasteiger partial charge on any atom is -0.323 e. The van der Waals surface area contributed by atoms with Gasteiger partial charge in [0.25, 0.3) is 5.69 Å². The molecule has 0 saturated carbocycles. The lowest BCUT2D eigenvalue weighted by molar-refractivity contribution is -0.384. The molecular weight excluding hydrogens is 256 g/mol. The molecule has 0 radical (unpaired) electrons. The monoisotopic (exact) mass is 268 g/mol. The number of hydrogen-bond acceptors (Lipinski definition) is 3. The Morgan fingerprint density at radius 3 is 2.30 bits per heavy atom. The molecule has 5 nitrogen and oxygen atoms in total. The molecule has 1 N–H and O–H groups in total. The van der Waals surface area contributed by atoms with E-state index in [0.29, 0.717) is 5.69 Å². The van der Waals surface area contributed by atoms with Gasteiger partial charge in [-0.05, 0) is 35.9 Å². The predicted octanol–water partition coefficient (Wildman–Crippen LogP) is 3.25. The van der Waals surface area contributed by atoms with Crippen LogP contribution in [0, 0.1) is 10.1 Å². The van der Waals surface area contributed by atoms with Gasteiger partial charge in [-0.1, -0.05) is 18.2 Å². The highest BCUT2D eigenvalue weighted by molar-refractivity contribution is 6.01. The summed E-state index contributed by atoms with van der Waals surface area (Å²) in [6, 6.07) is 15.1. The lowest BCUT2D eigenvalue weighted by atomic mass is 10.2. The normalized spacial score (nSPS) is 10.4. The summed E-state index contributed by atoms with van der Waals surface area (Å²) in [6.45, 7) is 0. The van der Waals surface area contributed by atoms with Gasteiger partial charge in [-0.2, -0.15) is 0 Å². The standard InChI is InChI=1S/C15H12N2O3/c18-15(16-13-4-2-1-3-5-13)11-8-12-6-9-14(10-7-12)17(19)20/h1-11H,(H,16,18). The van der Waals surface area contributed by atoms with E-state index >= 15 is 0 Å². The zero-order valence-electron chi connectivity index (χ0n) is 10.5. The molecule has 0 spiro atoms. The highest BCUT2D eigenvalue weighted by atomic mass is 16.6. The number of anilines is 1. The van der Waals surface area contributed by atoms with Gasteiger partial charge in [0.2, 0.25) is 5.91 Å². The van der Waals surface area contributed by atoms with E-state index in [9.17, 15) is 14.9 Å². The molecule has 0 atom stereocenters. The van der Waals surface area contributed by atoms with Crippen molar-refractivity contribution in [1.29, 1.82) is 0 Å². The van der Waals surface area contributed by atoms with Gasteiger partial charge in [0.1, 0.15) is 0 Å². The van der Waals surface area contributed by atoms with Crippen molar-refractivity contribution in [1.82, 2.24) is 0 Å². The molecule has 5 heteroatoms. The molecule has 2 aromatic rings. The number of nitrogens with one attached hydrogen (secondary N) is 1. The third-order valence-electron chi connectivity index (χ3n) is 2.57. The summed E-state index contributed by atoms with van der Waals surface area (Å²) in [4.78, 5) is 21.7. The fraction of sp³-hybridized carbons (Fsp3) is 0. The van der Waals surface area contributed by atoms with E-state index in [4.69, 9.17) is 0 Å². The number of nitro benzene ring substituents is 1. The molecule has 0 unspecified atom stereocenters. The zero-order chi connectivity index (χ0) is 14.4. The number of carbonyl (C=O) groups is 1. The third-order valence-corrected chi connectivity index (χ3v) is 2.57. The van der Waals surface area contributed by atoms with Gasteiger partial charge in [0, 0.05) is 23.9 Å². The van der Waals surface area contributed by atoms with Crippen molar-refractivity contribution in [2.45, 2.75) is 0 Å². The molecular formula is C15H12N2O3. The Morgan fingerprint density at radius 1 is 1.05 bits per heavy atom. The molecule has 0 heterocycles. The number of carbonyl (C=O) groups excluding carboxylic acids is 1. The summed E-state index contributed by atoms with van der Waals surface area (Å²) in [5, 5.41) is 13.2. The fourth-order valence-electron chi connectivity index (χ4n) is 1.58. The van der Waals surface area contributed by atoms with Crippen LogP contribution in [-0.2, 0) is 4.79 Å². The molecule has 0 fully saturated rings. The van der Waals surface area contributed by atoms with Crippen LogP contribution in [-0.4, -0.2) is 10.8 Å². The maximum atomic E-state index is 11.7. The van der Waals surface area contributed by atoms with Crippen LogP contribution in [0.2, 0.25) is 0 Å². The lowest BCUT2D eigenvalue weighted by Gasteiger charge is -2.00. The Morgan fingerprint density at radius 2 is 1.70 bits per heavy atom. The molecule has 1 amide bonds. The summed E-state index contributed by atoms with van der Waals surface area (Å²) in [5.74, 6) is -0.255. The van der Waals surface area contributed by atoms with E-state index in [0.717, 1.165) is 5.56 Å². The fourth-order valence-corrected chi connectivity index (χ4v) is 1.58. The van der Waals surface area contributed by atoms with Crippen LogP contribution in [0.15, 0.2) is 60.7 Å². The van der Waals surface area contributed by atoms with Crippen molar-refractivity contribution in [3.05, 3.63) is 76.4 Å².